The van der Waals surface area contributed by atoms with Crippen LogP contribution >= 0.6 is 0 Å². The van der Waals surface area contributed by atoms with E-state index in [1.807, 2.05) is 13.0 Å². The van der Waals surface area contributed by atoms with E-state index in [1.165, 1.54) is 11.1 Å². The van der Waals surface area contributed by atoms with Gasteiger partial charge in [-0.25, -0.2) is 0 Å². The van der Waals surface area contributed by atoms with E-state index in [4.69, 9.17) is 9.53 Å². The third-order valence-electron chi connectivity index (χ3n) is 5.65. The lowest BCUT2D eigenvalue weighted by molar-refractivity contribution is 0.124. The Hall–Kier alpha value is -0.643. The number of hydrogen-bond acceptors (Lipinski definition) is 2. The molecule has 0 saturated heterocycles. The molecule has 0 aromatic heterocycles. The molecule has 0 radical (unpaired) electrons. The van der Waals surface area contributed by atoms with Gasteiger partial charge in [0.1, 0.15) is 0 Å². The summed E-state index contributed by atoms with van der Waals surface area (Å²) in [5, 5.41) is 9.25. The average Bonchev–Trinajstić information content (AvgIpc) is 2.34. The van der Waals surface area contributed by atoms with Crippen molar-refractivity contribution in [2.45, 2.75) is 85.5 Å². The van der Waals surface area contributed by atoms with E-state index in [0.29, 0.717) is 6.10 Å². The number of rotatable bonds is 5. The minimum absolute atomic E-state index is 0.0972. The van der Waals surface area contributed by atoms with Crippen LogP contribution in [0.5, 0.6) is 0 Å². The molecular formula is C21H38O2Si. The maximum Gasteiger partial charge on any atom is 0.192 e. The molecule has 0 spiro atoms. The molecule has 0 aromatic rings. The van der Waals surface area contributed by atoms with Crippen molar-refractivity contribution in [3.63, 3.8) is 0 Å². The largest absolute Gasteiger partial charge is 0.414 e. The van der Waals surface area contributed by atoms with Crippen LogP contribution in [-0.4, -0.2) is 26.1 Å². The molecular weight excluding hydrogens is 312 g/mol. The Kier molecular flexibility index (Phi) is 6.88. The molecule has 3 heteroatoms. The van der Waals surface area contributed by atoms with Crippen LogP contribution in [0.3, 0.4) is 0 Å². The maximum atomic E-state index is 9.00. The third kappa shape index (κ3) is 5.43. The van der Waals surface area contributed by atoms with Crippen molar-refractivity contribution >= 4 is 8.32 Å². The van der Waals surface area contributed by atoms with Gasteiger partial charge in [0, 0.05) is 6.10 Å². The predicted molar refractivity (Wildman–Crippen MR) is 108 cm³/mol. The van der Waals surface area contributed by atoms with Crippen LogP contribution in [0.2, 0.25) is 18.1 Å². The van der Waals surface area contributed by atoms with Crippen molar-refractivity contribution in [1.82, 2.24) is 0 Å². The molecule has 1 aliphatic rings. The minimum atomic E-state index is -1.73. The topological polar surface area (TPSA) is 29.5 Å². The smallest absolute Gasteiger partial charge is 0.192 e. The Morgan fingerprint density at radius 1 is 1.33 bits per heavy atom. The summed E-state index contributed by atoms with van der Waals surface area (Å²) in [6.45, 7) is 20.6. The maximum absolute atomic E-state index is 9.00. The first-order chi connectivity index (χ1) is 10.8. The second-order valence-electron chi connectivity index (χ2n) is 9.45. The van der Waals surface area contributed by atoms with Gasteiger partial charge in [0.05, 0.1) is 6.61 Å². The molecule has 2 nitrogen and oxygen atoms in total. The van der Waals surface area contributed by atoms with Gasteiger partial charge in [-0.05, 0) is 55.8 Å². The van der Waals surface area contributed by atoms with Gasteiger partial charge in [-0.3, -0.25) is 0 Å². The van der Waals surface area contributed by atoms with E-state index in [1.54, 1.807) is 0 Å². The van der Waals surface area contributed by atoms with Crippen LogP contribution < -0.4 is 0 Å². The minimum Gasteiger partial charge on any atom is -0.414 e. The van der Waals surface area contributed by atoms with E-state index < -0.39 is 8.32 Å². The Bertz CT molecular complexity index is 531. The van der Waals surface area contributed by atoms with Crippen molar-refractivity contribution in [2.75, 3.05) is 6.61 Å². The van der Waals surface area contributed by atoms with E-state index >= 15 is 0 Å². The zero-order valence-corrected chi connectivity index (χ0v) is 18.3. The zero-order valence-electron chi connectivity index (χ0n) is 17.3. The Morgan fingerprint density at radius 3 is 2.38 bits per heavy atom. The molecule has 0 aromatic carbocycles. The SMILES string of the molecule is CC1=C(/C=C/C(C)=C\CO)C(C)(C)CC(O[Si](C)(C)C(C)(C)C)C1. The van der Waals surface area contributed by atoms with E-state index in [-0.39, 0.29) is 17.1 Å². The van der Waals surface area contributed by atoms with Crippen LogP contribution in [0.4, 0.5) is 0 Å². The molecule has 0 aliphatic heterocycles. The summed E-state index contributed by atoms with van der Waals surface area (Å²) in [4.78, 5) is 0. The van der Waals surface area contributed by atoms with Crippen molar-refractivity contribution < 1.29 is 9.53 Å². The van der Waals surface area contributed by atoms with Gasteiger partial charge in [-0.1, -0.05) is 64.0 Å². The quantitative estimate of drug-likeness (QED) is 0.486. The van der Waals surface area contributed by atoms with Gasteiger partial charge in [0.25, 0.3) is 0 Å². The Morgan fingerprint density at radius 2 is 1.92 bits per heavy atom. The molecule has 0 fully saturated rings. The van der Waals surface area contributed by atoms with Crippen molar-refractivity contribution in [1.29, 1.82) is 0 Å². The summed E-state index contributed by atoms with van der Waals surface area (Å²) >= 11 is 0. The van der Waals surface area contributed by atoms with Crippen LogP contribution in [0.25, 0.3) is 0 Å². The molecule has 0 amide bonds. The summed E-state index contributed by atoms with van der Waals surface area (Å²) < 4.78 is 6.70. The lowest BCUT2D eigenvalue weighted by Gasteiger charge is -2.44. The van der Waals surface area contributed by atoms with Crippen LogP contribution in [0.1, 0.15) is 61.3 Å². The second-order valence-corrected chi connectivity index (χ2v) is 14.2. The fourth-order valence-electron chi connectivity index (χ4n) is 3.25. The number of hydrogen-bond donors (Lipinski definition) is 1. The van der Waals surface area contributed by atoms with Gasteiger partial charge in [-0.2, -0.15) is 0 Å². The van der Waals surface area contributed by atoms with Gasteiger partial charge >= 0.3 is 0 Å². The monoisotopic (exact) mass is 350 g/mol. The van der Waals surface area contributed by atoms with Crippen molar-refractivity contribution in [2.24, 2.45) is 5.41 Å². The molecule has 24 heavy (non-hydrogen) atoms. The van der Waals surface area contributed by atoms with Gasteiger partial charge in [0.2, 0.25) is 0 Å². The van der Waals surface area contributed by atoms with Gasteiger partial charge in [-0.15, -0.1) is 0 Å². The van der Waals surface area contributed by atoms with E-state index in [0.717, 1.165) is 18.4 Å². The standard InChI is InChI=1S/C21H38O2Si/c1-16(12-13-22)10-11-19-17(2)14-18(15-21(19,6)7)23-24(8,9)20(3,4)5/h10-12,18,22H,13-15H2,1-9H3/b11-10+,16-12-. The fraction of sp³-hybridized carbons (Fsp3) is 0.714. The first-order valence-corrected chi connectivity index (χ1v) is 12.0. The van der Waals surface area contributed by atoms with E-state index in [2.05, 4.69) is 66.8 Å². The highest BCUT2D eigenvalue weighted by Gasteiger charge is 2.42. The first kappa shape index (κ1) is 21.4. The summed E-state index contributed by atoms with van der Waals surface area (Å²) in [5.41, 5.74) is 4.07. The van der Waals surface area contributed by atoms with Crippen LogP contribution in [-0.2, 0) is 4.43 Å². The van der Waals surface area contributed by atoms with Gasteiger partial charge < -0.3 is 9.53 Å². The molecule has 1 N–H and O–H groups in total. The van der Waals surface area contributed by atoms with E-state index in [9.17, 15) is 0 Å². The summed E-state index contributed by atoms with van der Waals surface area (Å²) in [6, 6.07) is 0. The second kappa shape index (κ2) is 7.71. The molecule has 0 saturated carbocycles. The zero-order chi connectivity index (χ0) is 18.8. The molecule has 1 aliphatic carbocycles. The Balaban J connectivity index is 2.99. The van der Waals surface area contributed by atoms with Gasteiger partial charge in [0.15, 0.2) is 8.32 Å². The lowest BCUT2D eigenvalue weighted by Crippen LogP contribution is -2.46. The average molecular weight is 351 g/mol. The molecule has 1 atom stereocenters. The predicted octanol–water partition coefficient (Wildman–Crippen LogP) is 6.01. The first-order valence-electron chi connectivity index (χ1n) is 9.14. The number of aliphatic hydroxyl groups is 1. The number of allylic oxidation sites excluding steroid dienone is 4. The lowest BCUT2D eigenvalue weighted by atomic mass is 9.71. The highest BCUT2D eigenvalue weighted by molar-refractivity contribution is 6.74. The highest BCUT2D eigenvalue weighted by Crippen LogP contribution is 2.45. The summed E-state index contributed by atoms with van der Waals surface area (Å²) in [6.07, 6.45) is 8.61. The summed E-state index contributed by atoms with van der Waals surface area (Å²) in [5.74, 6) is 0. The highest BCUT2D eigenvalue weighted by atomic mass is 28.4. The Labute approximate surface area is 150 Å². The van der Waals surface area contributed by atoms with Crippen LogP contribution in [0.15, 0.2) is 34.9 Å². The number of aliphatic hydroxyl groups excluding tert-OH is 1. The molecule has 0 bridgehead atoms. The fourth-order valence-corrected chi connectivity index (χ4v) is 4.61. The molecule has 1 unspecified atom stereocenters. The molecule has 1 rings (SSSR count). The van der Waals surface area contributed by atoms with Crippen LogP contribution in [0, 0.1) is 5.41 Å². The normalized spacial score (nSPS) is 23.2. The third-order valence-corrected chi connectivity index (χ3v) is 10.2. The molecule has 0 heterocycles. The van der Waals surface area contributed by atoms with Crippen molar-refractivity contribution in [3.05, 3.63) is 34.9 Å². The van der Waals surface area contributed by atoms with Crippen molar-refractivity contribution in [3.8, 4) is 0 Å². The molecule has 138 valence electrons. The summed E-state index contributed by atoms with van der Waals surface area (Å²) in [7, 11) is -1.73.